The van der Waals surface area contributed by atoms with E-state index in [2.05, 4.69) is 126 Å². The van der Waals surface area contributed by atoms with Gasteiger partial charge in [0.15, 0.2) is 0 Å². The summed E-state index contributed by atoms with van der Waals surface area (Å²) in [6.45, 7) is 6.36. The second kappa shape index (κ2) is 9.37. The highest BCUT2D eigenvalue weighted by Gasteiger charge is 2.25. The smallest absolute Gasteiger partial charge is 0.262 e. The molecule has 172 valence electrons. The standard InChI is InChI=1S/C31H27N2S2/c1-3-32-26-20-18-22-12-8-10-14-24(22)30(26)34-28(32)16-6-5-7-17-29-33(4-2)27-21-19-23-13-9-11-15-25(23)31(27)35-29/h5-21H,3-4H2,1-2H3/q+1. The Morgan fingerprint density at radius 2 is 1.54 bits per heavy atom. The van der Waals surface area contributed by atoms with Crippen LogP contribution in [0.4, 0.5) is 5.69 Å². The largest absolute Gasteiger partial charge is 0.335 e. The van der Waals surface area contributed by atoms with Gasteiger partial charge in [0.2, 0.25) is 5.52 Å². The first-order valence-electron chi connectivity index (χ1n) is 12.1. The van der Waals surface area contributed by atoms with Crippen molar-refractivity contribution in [2.45, 2.75) is 25.3 Å². The van der Waals surface area contributed by atoms with E-state index in [9.17, 15) is 0 Å². The number of benzene rings is 4. The van der Waals surface area contributed by atoms with Gasteiger partial charge in [-0.3, -0.25) is 0 Å². The molecular formula is C31H27N2S2+. The van der Waals surface area contributed by atoms with Crippen LogP contribution in [0.2, 0.25) is 0 Å². The van der Waals surface area contributed by atoms with Crippen LogP contribution in [0, 0.1) is 0 Å². The van der Waals surface area contributed by atoms with Gasteiger partial charge in [-0.15, -0.1) is 0 Å². The van der Waals surface area contributed by atoms with Crippen LogP contribution in [0.25, 0.3) is 37.8 Å². The highest BCUT2D eigenvalue weighted by Crippen LogP contribution is 2.49. The summed E-state index contributed by atoms with van der Waals surface area (Å²) in [7, 11) is 0. The number of thioether (sulfide) groups is 1. The minimum atomic E-state index is 0.958. The number of hydrogen-bond acceptors (Lipinski definition) is 3. The molecule has 0 atom stereocenters. The average Bonchev–Trinajstić information content (AvgIpc) is 3.46. The SMILES string of the molecule is CCN1/C(=C/C=C/C=C/c2sc3c4ccccc4ccc3[n+]2CC)Sc2c1ccc1ccccc21. The lowest BCUT2D eigenvalue weighted by Crippen LogP contribution is -2.33. The monoisotopic (exact) mass is 491 g/mol. The van der Waals surface area contributed by atoms with E-state index >= 15 is 0 Å². The summed E-state index contributed by atoms with van der Waals surface area (Å²) in [5.41, 5.74) is 2.63. The van der Waals surface area contributed by atoms with Gasteiger partial charge in [-0.2, -0.15) is 4.57 Å². The summed E-state index contributed by atoms with van der Waals surface area (Å²) in [6, 6.07) is 26.3. The molecule has 1 aliphatic heterocycles. The zero-order valence-electron chi connectivity index (χ0n) is 19.9. The van der Waals surface area contributed by atoms with Crippen molar-refractivity contribution >= 4 is 66.6 Å². The Labute approximate surface area is 214 Å². The average molecular weight is 492 g/mol. The molecule has 4 heteroatoms. The second-order valence-electron chi connectivity index (χ2n) is 8.55. The van der Waals surface area contributed by atoms with Gasteiger partial charge < -0.3 is 4.90 Å². The van der Waals surface area contributed by atoms with Crippen LogP contribution < -0.4 is 9.47 Å². The van der Waals surface area contributed by atoms with Crippen LogP contribution in [0.15, 0.2) is 107 Å². The maximum atomic E-state index is 2.41. The summed E-state index contributed by atoms with van der Waals surface area (Å²) in [5.74, 6) is 0. The molecule has 6 rings (SSSR count). The van der Waals surface area contributed by atoms with Gasteiger partial charge in [-0.1, -0.05) is 95.9 Å². The first kappa shape index (κ1) is 22.1. The summed E-state index contributed by atoms with van der Waals surface area (Å²) in [5, 5.41) is 7.83. The molecule has 0 saturated heterocycles. The van der Waals surface area contributed by atoms with E-state index in [-0.39, 0.29) is 0 Å². The predicted molar refractivity (Wildman–Crippen MR) is 154 cm³/mol. The number of hydrogen-bond donors (Lipinski definition) is 0. The maximum Gasteiger partial charge on any atom is 0.262 e. The van der Waals surface area contributed by atoms with E-state index in [0.717, 1.165) is 13.1 Å². The van der Waals surface area contributed by atoms with Gasteiger partial charge in [-0.25, -0.2) is 0 Å². The third kappa shape index (κ3) is 3.87. The number of fused-ring (bicyclic) bond motifs is 6. The quantitative estimate of drug-likeness (QED) is 0.180. The molecule has 2 nitrogen and oxygen atoms in total. The highest BCUT2D eigenvalue weighted by molar-refractivity contribution is 8.04. The van der Waals surface area contributed by atoms with Gasteiger partial charge in [0.25, 0.3) is 5.01 Å². The fourth-order valence-corrected chi connectivity index (χ4v) is 7.44. The third-order valence-electron chi connectivity index (χ3n) is 6.58. The van der Waals surface area contributed by atoms with Crippen molar-refractivity contribution in [3.8, 4) is 0 Å². The van der Waals surface area contributed by atoms with E-state index in [1.807, 2.05) is 23.1 Å². The lowest BCUT2D eigenvalue weighted by molar-refractivity contribution is -0.665. The molecule has 1 aromatic heterocycles. The number of aryl methyl sites for hydroxylation is 1. The van der Waals surface area contributed by atoms with Crippen molar-refractivity contribution < 1.29 is 4.57 Å². The molecule has 0 unspecified atom stereocenters. The number of nitrogens with zero attached hydrogens (tertiary/aromatic N) is 2. The Balaban J connectivity index is 1.28. The van der Waals surface area contributed by atoms with Gasteiger partial charge in [0.05, 0.1) is 10.7 Å². The summed E-state index contributed by atoms with van der Waals surface area (Å²) in [6.07, 6.45) is 10.9. The minimum Gasteiger partial charge on any atom is -0.335 e. The van der Waals surface area contributed by atoms with Gasteiger partial charge in [0, 0.05) is 29.0 Å². The molecular weight excluding hydrogens is 464 g/mol. The van der Waals surface area contributed by atoms with Gasteiger partial charge >= 0.3 is 0 Å². The molecule has 0 bridgehead atoms. The van der Waals surface area contributed by atoms with Crippen molar-refractivity contribution in [3.05, 3.63) is 107 Å². The Morgan fingerprint density at radius 3 is 2.34 bits per heavy atom. The first-order valence-corrected chi connectivity index (χ1v) is 13.8. The van der Waals surface area contributed by atoms with Crippen LogP contribution in [-0.2, 0) is 6.54 Å². The minimum absolute atomic E-state index is 0.958. The number of thiazole rings is 1. The van der Waals surface area contributed by atoms with E-state index in [4.69, 9.17) is 0 Å². The van der Waals surface area contributed by atoms with E-state index in [1.54, 1.807) is 0 Å². The molecule has 0 saturated carbocycles. The zero-order chi connectivity index (χ0) is 23.8. The van der Waals surface area contributed by atoms with Crippen LogP contribution in [0.1, 0.15) is 18.9 Å². The Morgan fingerprint density at radius 1 is 0.800 bits per heavy atom. The number of aromatic nitrogens is 1. The molecule has 0 radical (unpaired) electrons. The van der Waals surface area contributed by atoms with Gasteiger partial charge in [-0.05, 0) is 48.2 Å². The molecule has 0 spiro atoms. The number of anilines is 1. The Bertz CT molecular complexity index is 1660. The number of allylic oxidation sites excluding steroid dienone is 4. The molecule has 0 aliphatic carbocycles. The van der Waals surface area contributed by atoms with Crippen molar-refractivity contribution in [1.29, 1.82) is 0 Å². The molecule has 35 heavy (non-hydrogen) atoms. The molecule has 0 N–H and O–H groups in total. The Kier molecular flexibility index (Phi) is 5.93. The van der Waals surface area contributed by atoms with Crippen molar-refractivity contribution in [3.63, 3.8) is 0 Å². The van der Waals surface area contributed by atoms with E-state index in [1.165, 1.54) is 52.4 Å². The van der Waals surface area contributed by atoms with E-state index < -0.39 is 0 Å². The van der Waals surface area contributed by atoms with Crippen molar-refractivity contribution in [2.24, 2.45) is 0 Å². The van der Waals surface area contributed by atoms with Gasteiger partial charge in [0.1, 0.15) is 11.2 Å². The summed E-state index contributed by atoms with van der Waals surface area (Å²) < 4.78 is 3.77. The van der Waals surface area contributed by atoms with Crippen molar-refractivity contribution in [1.82, 2.24) is 0 Å². The molecule has 1 aliphatic rings. The summed E-state index contributed by atoms with van der Waals surface area (Å²) >= 11 is 3.75. The van der Waals surface area contributed by atoms with Crippen LogP contribution in [0.3, 0.4) is 0 Å². The molecule has 0 amide bonds. The maximum absolute atomic E-state index is 2.41. The van der Waals surface area contributed by atoms with Crippen LogP contribution in [-0.4, -0.2) is 6.54 Å². The second-order valence-corrected chi connectivity index (χ2v) is 10.6. The molecule has 2 heterocycles. The lowest BCUT2D eigenvalue weighted by atomic mass is 10.1. The predicted octanol–water partition coefficient (Wildman–Crippen LogP) is 8.56. The van der Waals surface area contributed by atoms with Crippen molar-refractivity contribution in [2.75, 3.05) is 11.4 Å². The van der Waals surface area contributed by atoms with E-state index in [0.29, 0.717) is 0 Å². The molecule has 4 aromatic carbocycles. The molecule has 0 fully saturated rings. The fraction of sp³-hybridized carbons (Fsp3) is 0.129. The lowest BCUT2D eigenvalue weighted by Gasteiger charge is -2.17. The third-order valence-corrected chi connectivity index (χ3v) is 8.97. The topological polar surface area (TPSA) is 7.12 Å². The van der Waals surface area contributed by atoms with Crippen LogP contribution in [0.5, 0.6) is 0 Å². The Hall–Kier alpha value is -3.34. The zero-order valence-corrected chi connectivity index (χ0v) is 21.6. The summed E-state index contributed by atoms with van der Waals surface area (Å²) in [4.78, 5) is 3.77. The first-order chi connectivity index (χ1) is 17.3. The number of rotatable bonds is 5. The normalized spacial score (nSPS) is 15.0. The highest BCUT2D eigenvalue weighted by atomic mass is 32.2. The van der Waals surface area contributed by atoms with Crippen LogP contribution >= 0.6 is 23.1 Å². The fourth-order valence-electron chi connectivity index (χ4n) is 4.90. The molecule has 5 aromatic rings.